The van der Waals surface area contributed by atoms with E-state index in [1.165, 1.54) is 11.3 Å². The first-order valence-corrected chi connectivity index (χ1v) is 9.22. The zero-order valence-electron chi connectivity index (χ0n) is 14.7. The highest BCUT2D eigenvalue weighted by Crippen LogP contribution is 2.28. The van der Waals surface area contributed by atoms with Gasteiger partial charge in [0, 0.05) is 17.1 Å². The van der Waals surface area contributed by atoms with Gasteiger partial charge in [0.25, 0.3) is 5.56 Å². The van der Waals surface area contributed by atoms with Crippen molar-refractivity contribution in [2.24, 2.45) is 0 Å². The molecule has 0 fully saturated rings. The molecule has 7 nitrogen and oxygen atoms in total. The van der Waals surface area contributed by atoms with Crippen LogP contribution in [0.1, 0.15) is 11.5 Å². The first kappa shape index (κ1) is 16.0. The summed E-state index contributed by atoms with van der Waals surface area (Å²) in [4.78, 5) is 30.6. The van der Waals surface area contributed by atoms with Crippen LogP contribution in [0.2, 0.25) is 0 Å². The number of aromatic nitrogens is 5. The Bertz CT molecular complexity index is 1380. The van der Waals surface area contributed by atoms with Gasteiger partial charge in [-0.2, -0.15) is 0 Å². The average molecular weight is 377 g/mol. The minimum atomic E-state index is -0.0845. The number of nitrogens with zero attached hydrogens (tertiary/aromatic N) is 4. The fourth-order valence-corrected chi connectivity index (χ4v) is 4.28. The third kappa shape index (κ3) is 2.57. The monoisotopic (exact) mass is 377 g/mol. The van der Waals surface area contributed by atoms with Crippen LogP contribution in [0, 0.1) is 6.92 Å². The summed E-state index contributed by atoms with van der Waals surface area (Å²) in [7, 11) is 1.63. The van der Waals surface area contributed by atoms with Crippen LogP contribution in [0.5, 0.6) is 5.75 Å². The molecule has 0 radical (unpaired) electrons. The van der Waals surface area contributed by atoms with Gasteiger partial charge in [0.1, 0.15) is 21.1 Å². The Balaban J connectivity index is 1.59. The van der Waals surface area contributed by atoms with Gasteiger partial charge in [-0.1, -0.05) is 0 Å². The third-order valence-corrected chi connectivity index (χ3v) is 5.58. The topological polar surface area (TPSA) is 85.7 Å². The number of thiophene rings is 1. The Morgan fingerprint density at radius 3 is 2.96 bits per heavy atom. The predicted molar refractivity (Wildman–Crippen MR) is 106 cm³/mol. The number of hydrogen-bond acceptors (Lipinski definition) is 6. The summed E-state index contributed by atoms with van der Waals surface area (Å²) >= 11 is 1.38. The van der Waals surface area contributed by atoms with Crippen LogP contribution >= 0.6 is 11.3 Å². The largest absolute Gasteiger partial charge is 0.497 e. The number of benzene rings is 1. The van der Waals surface area contributed by atoms with Crippen molar-refractivity contribution >= 4 is 42.8 Å². The molecule has 0 unspecified atom stereocenters. The Labute approximate surface area is 157 Å². The number of H-pyrrole nitrogens is 1. The van der Waals surface area contributed by atoms with Gasteiger partial charge in [0.15, 0.2) is 0 Å². The fraction of sp³-hybridized carbons (Fsp3) is 0.158. The quantitative estimate of drug-likeness (QED) is 0.522. The second-order valence-electron chi connectivity index (χ2n) is 6.33. The minimum absolute atomic E-state index is 0.0845. The number of fused-ring (bicyclic) bond motifs is 4. The zero-order valence-corrected chi connectivity index (χ0v) is 15.5. The standard InChI is InChI=1S/C19H15N5O2S/c1-10-3-5-12-16-17(27-18(12)21-10)19(25)24(9-20-16)8-15-22-13-6-4-11(26-2)7-14(13)23-15/h3-7,9H,8H2,1-2H3,(H,22,23). The maximum atomic E-state index is 12.9. The third-order valence-electron chi connectivity index (χ3n) is 4.51. The normalized spacial score (nSPS) is 11.6. The summed E-state index contributed by atoms with van der Waals surface area (Å²) in [6, 6.07) is 9.54. The molecule has 5 rings (SSSR count). The van der Waals surface area contributed by atoms with Crippen molar-refractivity contribution in [3.63, 3.8) is 0 Å². The van der Waals surface area contributed by atoms with Gasteiger partial charge in [-0.05, 0) is 31.2 Å². The van der Waals surface area contributed by atoms with Crippen molar-refractivity contribution in [1.29, 1.82) is 0 Å². The predicted octanol–water partition coefficient (Wildman–Crippen LogP) is 3.25. The molecule has 8 heteroatoms. The lowest BCUT2D eigenvalue weighted by Crippen LogP contribution is -2.20. The summed E-state index contributed by atoms with van der Waals surface area (Å²) in [6.07, 6.45) is 1.57. The van der Waals surface area contributed by atoms with E-state index in [0.29, 0.717) is 22.6 Å². The highest BCUT2D eigenvalue weighted by Gasteiger charge is 2.14. The number of aromatic amines is 1. The first-order valence-electron chi connectivity index (χ1n) is 8.40. The molecule has 0 bridgehead atoms. The molecule has 4 heterocycles. The second-order valence-corrected chi connectivity index (χ2v) is 7.33. The molecule has 0 saturated carbocycles. The Hall–Kier alpha value is -3.26. The van der Waals surface area contributed by atoms with Crippen LogP contribution in [0.4, 0.5) is 0 Å². The molecule has 27 heavy (non-hydrogen) atoms. The highest BCUT2D eigenvalue weighted by molar-refractivity contribution is 7.25. The number of nitrogens with one attached hydrogen (secondary N) is 1. The molecule has 1 N–H and O–H groups in total. The molecule has 5 aromatic rings. The van der Waals surface area contributed by atoms with Gasteiger partial charge in [0.05, 0.1) is 36.5 Å². The molecule has 0 saturated heterocycles. The van der Waals surface area contributed by atoms with E-state index in [4.69, 9.17) is 4.74 Å². The van der Waals surface area contributed by atoms with E-state index in [1.807, 2.05) is 37.3 Å². The van der Waals surface area contributed by atoms with Crippen molar-refractivity contribution in [3.8, 4) is 5.75 Å². The molecular weight excluding hydrogens is 362 g/mol. The van der Waals surface area contributed by atoms with Gasteiger partial charge in [0.2, 0.25) is 0 Å². The summed E-state index contributed by atoms with van der Waals surface area (Å²) in [5.41, 5.74) is 3.24. The SMILES string of the molecule is COc1ccc2nc(Cn3cnc4c(sc5nc(C)ccc54)c3=O)[nH]c2c1. The Morgan fingerprint density at radius 1 is 1.22 bits per heavy atom. The van der Waals surface area contributed by atoms with E-state index in [2.05, 4.69) is 19.9 Å². The van der Waals surface area contributed by atoms with Crippen molar-refractivity contribution in [3.05, 3.63) is 58.5 Å². The van der Waals surface area contributed by atoms with Crippen LogP contribution in [-0.2, 0) is 6.54 Å². The Kier molecular flexibility index (Phi) is 3.48. The number of imidazole rings is 1. The van der Waals surface area contributed by atoms with E-state index in [1.54, 1.807) is 18.0 Å². The molecule has 4 aromatic heterocycles. The molecule has 0 aliphatic carbocycles. The second kappa shape index (κ2) is 5.88. The van der Waals surface area contributed by atoms with Crippen molar-refractivity contribution in [2.45, 2.75) is 13.5 Å². The minimum Gasteiger partial charge on any atom is -0.497 e. The Morgan fingerprint density at radius 2 is 2.11 bits per heavy atom. The molecule has 1 aromatic carbocycles. The van der Waals surface area contributed by atoms with Crippen molar-refractivity contribution < 1.29 is 4.74 Å². The van der Waals surface area contributed by atoms with Crippen LogP contribution in [0.25, 0.3) is 31.5 Å². The number of aryl methyl sites for hydroxylation is 1. The van der Waals surface area contributed by atoms with Crippen LogP contribution < -0.4 is 10.3 Å². The van der Waals surface area contributed by atoms with E-state index in [-0.39, 0.29) is 5.56 Å². The first-order chi connectivity index (χ1) is 13.1. The number of hydrogen-bond donors (Lipinski definition) is 1. The lowest BCUT2D eigenvalue weighted by atomic mass is 10.3. The molecular formula is C19H15N5O2S. The average Bonchev–Trinajstić information content (AvgIpc) is 3.23. The van der Waals surface area contributed by atoms with Gasteiger partial charge in [-0.3, -0.25) is 9.36 Å². The van der Waals surface area contributed by atoms with Gasteiger partial charge >= 0.3 is 0 Å². The fourth-order valence-electron chi connectivity index (χ4n) is 3.16. The number of pyridine rings is 1. The van der Waals surface area contributed by atoms with Crippen LogP contribution in [0.3, 0.4) is 0 Å². The highest BCUT2D eigenvalue weighted by atomic mass is 32.1. The lowest BCUT2D eigenvalue weighted by Gasteiger charge is -2.02. The smallest absolute Gasteiger partial charge is 0.271 e. The molecule has 134 valence electrons. The number of rotatable bonds is 3. The lowest BCUT2D eigenvalue weighted by molar-refractivity contribution is 0.415. The van der Waals surface area contributed by atoms with Gasteiger partial charge in [-0.25, -0.2) is 15.0 Å². The summed E-state index contributed by atoms with van der Waals surface area (Å²) in [5.74, 6) is 1.45. The molecule has 0 spiro atoms. The van der Waals surface area contributed by atoms with Gasteiger partial charge < -0.3 is 9.72 Å². The van der Waals surface area contributed by atoms with Gasteiger partial charge in [-0.15, -0.1) is 11.3 Å². The van der Waals surface area contributed by atoms with Crippen molar-refractivity contribution in [1.82, 2.24) is 24.5 Å². The molecule has 0 atom stereocenters. The summed E-state index contributed by atoms with van der Waals surface area (Å²) < 4.78 is 7.42. The maximum Gasteiger partial charge on any atom is 0.271 e. The van der Waals surface area contributed by atoms with Crippen molar-refractivity contribution in [2.75, 3.05) is 7.11 Å². The zero-order chi connectivity index (χ0) is 18.5. The van der Waals surface area contributed by atoms with E-state index < -0.39 is 0 Å². The van der Waals surface area contributed by atoms with E-state index in [9.17, 15) is 4.79 Å². The van der Waals surface area contributed by atoms with E-state index >= 15 is 0 Å². The van der Waals surface area contributed by atoms with Crippen LogP contribution in [-0.4, -0.2) is 31.6 Å². The maximum absolute atomic E-state index is 12.9. The number of methoxy groups -OCH3 is 1. The van der Waals surface area contributed by atoms with Crippen LogP contribution in [0.15, 0.2) is 41.5 Å². The summed E-state index contributed by atoms with van der Waals surface area (Å²) in [5, 5.41) is 0.917. The molecule has 0 aliphatic rings. The summed E-state index contributed by atoms with van der Waals surface area (Å²) in [6.45, 7) is 2.26. The van der Waals surface area contributed by atoms with E-state index in [0.717, 1.165) is 32.7 Å². The number of ether oxygens (including phenoxy) is 1. The molecule has 0 amide bonds. The molecule has 0 aliphatic heterocycles.